The highest BCUT2D eigenvalue weighted by molar-refractivity contribution is 6.32. The van der Waals surface area contributed by atoms with Gasteiger partial charge in [-0.2, -0.15) is 5.26 Å². The van der Waals surface area contributed by atoms with E-state index < -0.39 is 5.91 Å². The maximum atomic E-state index is 12.8. The monoisotopic (exact) mass is 421 g/mol. The van der Waals surface area contributed by atoms with Crippen LogP contribution in [0.3, 0.4) is 0 Å². The summed E-state index contributed by atoms with van der Waals surface area (Å²) in [7, 11) is 2.08. The number of hydrogen-bond donors (Lipinski definition) is 1. The van der Waals surface area contributed by atoms with Crippen molar-refractivity contribution in [2.75, 3.05) is 17.3 Å². The first-order valence-corrected chi connectivity index (χ1v) is 10.6. The maximum Gasteiger partial charge on any atom is 0.266 e. The number of benzene rings is 2. The second kappa shape index (κ2) is 8.53. The fourth-order valence-corrected chi connectivity index (χ4v) is 4.37. The predicted octanol–water partition coefficient (Wildman–Crippen LogP) is 6.17. The van der Waals surface area contributed by atoms with E-state index in [4.69, 9.17) is 11.6 Å². The molecule has 1 aliphatic rings. The molecule has 0 radical (unpaired) electrons. The number of para-hydroxylation sites is 1. The van der Waals surface area contributed by atoms with Crippen molar-refractivity contribution in [1.82, 2.24) is 0 Å². The van der Waals surface area contributed by atoms with Gasteiger partial charge in [-0.3, -0.25) is 4.79 Å². The number of aryl methyl sites for hydroxylation is 1. The molecule has 0 bridgehead atoms. The number of nitrogens with one attached hydrogen (secondary N) is 1. The van der Waals surface area contributed by atoms with E-state index >= 15 is 0 Å². The number of carbonyl (C=O) groups excluding carboxylic acids is 1. The third-order valence-electron chi connectivity index (χ3n) is 6.06. The lowest BCUT2D eigenvalue weighted by Gasteiger charge is -2.45. The van der Waals surface area contributed by atoms with Crippen LogP contribution in [-0.4, -0.2) is 18.5 Å². The molecule has 0 fully saturated rings. The molecule has 3 rings (SSSR count). The summed E-state index contributed by atoms with van der Waals surface area (Å²) in [5.74, 6) is -0.0788. The molecular weight excluding hydrogens is 394 g/mol. The van der Waals surface area contributed by atoms with E-state index in [0.717, 1.165) is 29.8 Å². The lowest BCUT2D eigenvalue weighted by atomic mass is 9.80. The highest BCUT2D eigenvalue weighted by Crippen LogP contribution is 2.44. The van der Waals surface area contributed by atoms with Crippen LogP contribution in [0.1, 0.15) is 56.7 Å². The molecule has 4 nitrogen and oxygen atoms in total. The van der Waals surface area contributed by atoms with Gasteiger partial charge in [0.25, 0.3) is 5.91 Å². The van der Waals surface area contributed by atoms with Gasteiger partial charge in [-0.05, 0) is 73.6 Å². The number of anilines is 2. The minimum absolute atomic E-state index is 0.0277. The number of hydrogen-bond acceptors (Lipinski definition) is 3. The molecule has 0 saturated heterocycles. The van der Waals surface area contributed by atoms with Crippen molar-refractivity contribution in [3.8, 4) is 6.07 Å². The topological polar surface area (TPSA) is 56.1 Å². The zero-order valence-corrected chi connectivity index (χ0v) is 19.0. The van der Waals surface area contributed by atoms with Crippen LogP contribution in [0.15, 0.2) is 42.0 Å². The van der Waals surface area contributed by atoms with Gasteiger partial charge in [0.2, 0.25) is 0 Å². The number of fused-ring (bicyclic) bond motifs is 1. The molecule has 2 aromatic rings. The summed E-state index contributed by atoms with van der Waals surface area (Å²) < 4.78 is 0. The third-order valence-corrected chi connectivity index (χ3v) is 6.39. The standard InChI is InChI=1S/C25H28ClN3O/c1-6-17-9-7-8-10-22(17)28-24(30)19(15-27)11-18-12-20-16(2)14-25(3,4)29(5)23(20)13-21(18)26/h7-13,16H,6,14H2,1-5H3,(H,28,30)/b19-11+. The Morgan fingerprint density at radius 2 is 2.07 bits per heavy atom. The fourth-order valence-electron chi connectivity index (χ4n) is 4.16. The van der Waals surface area contributed by atoms with Crippen LogP contribution in [0, 0.1) is 11.3 Å². The first kappa shape index (κ1) is 21.9. The molecule has 1 amide bonds. The van der Waals surface area contributed by atoms with Gasteiger partial charge in [-0.1, -0.05) is 43.6 Å². The summed E-state index contributed by atoms with van der Waals surface area (Å²) in [6.45, 7) is 8.67. The van der Waals surface area contributed by atoms with Gasteiger partial charge in [0.05, 0.1) is 0 Å². The normalized spacial score (nSPS) is 17.8. The van der Waals surface area contributed by atoms with Crippen molar-refractivity contribution in [2.45, 2.75) is 52.0 Å². The van der Waals surface area contributed by atoms with Gasteiger partial charge in [-0.15, -0.1) is 0 Å². The van der Waals surface area contributed by atoms with Gasteiger partial charge in [0.15, 0.2) is 0 Å². The van der Waals surface area contributed by atoms with Crippen LogP contribution in [0.2, 0.25) is 5.02 Å². The lowest BCUT2D eigenvalue weighted by Crippen LogP contribution is -2.45. The molecule has 1 N–H and O–H groups in total. The van der Waals surface area contributed by atoms with Crippen LogP contribution in [-0.2, 0) is 11.2 Å². The number of nitriles is 1. The molecule has 1 atom stereocenters. The molecule has 2 aromatic carbocycles. The highest BCUT2D eigenvalue weighted by atomic mass is 35.5. The van der Waals surface area contributed by atoms with E-state index in [-0.39, 0.29) is 11.1 Å². The van der Waals surface area contributed by atoms with Crippen molar-refractivity contribution in [1.29, 1.82) is 5.26 Å². The zero-order valence-electron chi connectivity index (χ0n) is 18.2. The van der Waals surface area contributed by atoms with Crippen LogP contribution < -0.4 is 10.2 Å². The van der Waals surface area contributed by atoms with Crippen LogP contribution >= 0.6 is 11.6 Å². The molecule has 1 unspecified atom stereocenters. The van der Waals surface area contributed by atoms with Crippen molar-refractivity contribution in [3.63, 3.8) is 0 Å². The Hall–Kier alpha value is -2.77. The quantitative estimate of drug-likeness (QED) is 0.474. The Labute approximate surface area is 184 Å². The highest BCUT2D eigenvalue weighted by Gasteiger charge is 2.34. The van der Waals surface area contributed by atoms with E-state index in [1.54, 1.807) is 6.08 Å². The molecular formula is C25H28ClN3O. The minimum Gasteiger partial charge on any atom is -0.369 e. The van der Waals surface area contributed by atoms with E-state index in [2.05, 4.69) is 38.0 Å². The predicted molar refractivity (Wildman–Crippen MR) is 125 cm³/mol. The van der Waals surface area contributed by atoms with Crippen LogP contribution in [0.25, 0.3) is 6.08 Å². The van der Waals surface area contributed by atoms with Crippen molar-refractivity contribution in [3.05, 3.63) is 63.7 Å². The van der Waals surface area contributed by atoms with Gasteiger partial charge < -0.3 is 10.2 Å². The Kier molecular flexibility index (Phi) is 6.24. The van der Waals surface area contributed by atoms with Crippen LogP contribution in [0.4, 0.5) is 11.4 Å². The van der Waals surface area contributed by atoms with Gasteiger partial charge in [0.1, 0.15) is 11.6 Å². The lowest BCUT2D eigenvalue weighted by molar-refractivity contribution is -0.112. The van der Waals surface area contributed by atoms with Crippen molar-refractivity contribution in [2.24, 2.45) is 0 Å². The number of amides is 1. The van der Waals surface area contributed by atoms with Gasteiger partial charge in [0, 0.05) is 29.0 Å². The summed E-state index contributed by atoms with van der Waals surface area (Å²) >= 11 is 6.57. The molecule has 30 heavy (non-hydrogen) atoms. The summed E-state index contributed by atoms with van der Waals surface area (Å²) in [6.07, 6.45) is 3.39. The van der Waals surface area contributed by atoms with Gasteiger partial charge >= 0.3 is 0 Å². The number of nitrogens with zero attached hydrogens (tertiary/aromatic N) is 2. The average Bonchev–Trinajstić information content (AvgIpc) is 2.71. The molecule has 0 aromatic heterocycles. The van der Waals surface area contributed by atoms with Crippen LogP contribution in [0.5, 0.6) is 0 Å². The van der Waals surface area contributed by atoms with E-state index in [1.807, 2.05) is 49.4 Å². The van der Waals surface area contributed by atoms with E-state index in [0.29, 0.717) is 16.5 Å². The van der Waals surface area contributed by atoms with Crippen molar-refractivity contribution >= 4 is 35.0 Å². The SMILES string of the molecule is CCc1ccccc1NC(=O)/C(C#N)=C/c1cc2c(cc1Cl)N(C)C(C)(C)CC2C. The third kappa shape index (κ3) is 4.22. The molecule has 1 aliphatic heterocycles. The van der Waals surface area contributed by atoms with Crippen molar-refractivity contribution < 1.29 is 4.79 Å². The number of rotatable bonds is 4. The van der Waals surface area contributed by atoms with Gasteiger partial charge in [-0.25, -0.2) is 0 Å². The molecule has 0 aliphatic carbocycles. The Balaban J connectivity index is 1.96. The zero-order chi connectivity index (χ0) is 22.1. The second-order valence-corrected chi connectivity index (χ2v) is 8.95. The molecule has 1 heterocycles. The molecule has 5 heteroatoms. The average molecular weight is 422 g/mol. The fraction of sp³-hybridized carbons (Fsp3) is 0.360. The summed E-state index contributed by atoms with van der Waals surface area (Å²) in [6, 6.07) is 13.6. The Morgan fingerprint density at radius 3 is 2.73 bits per heavy atom. The smallest absolute Gasteiger partial charge is 0.266 e. The summed E-state index contributed by atoms with van der Waals surface area (Å²) in [4.78, 5) is 15.0. The Bertz CT molecular complexity index is 1050. The number of carbonyl (C=O) groups is 1. The maximum absolute atomic E-state index is 12.8. The largest absolute Gasteiger partial charge is 0.369 e. The first-order valence-electron chi connectivity index (χ1n) is 10.3. The first-order chi connectivity index (χ1) is 14.2. The second-order valence-electron chi connectivity index (χ2n) is 8.54. The Morgan fingerprint density at radius 1 is 1.37 bits per heavy atom. The minimum atomic E-state index is -0.432. The number of halogens is 1. The summed E-state index contributed by atoms with van der Waals surface area (Å²) in [5.41, 5.74) is 4.78. The molecule has 0 saturated carbocycles. The molecule has 0 spiro atoms. The van der Waals surface area contributed by atoms with E-state index in [1.165, 1.54) is 5.56 Å². The summed E-state index contributed by atoms with van der Waals surface area (Å²) in [5, 5.41) is 13.0. The molecule has 156 valence electrons. The van der Waals surface area contributed by atoms with E-state index in [9.17, 15) is 10.1 Å².